The maximum atomic E-state index is 5.53. The Morgan fingerprint density at radius 3 is 2.08 bits per heavy atom. The van der Waals surface area contributed by atoms with E-state index in [-0.39, 0.29) is 5.41 Å². The topological polar surface area (TPSA) is 27.7 Å². The van der Waals surface area contributed by atoms with E-state index in [1.165, 1.54) is 0 Å². The van der Waals surface area contributed by atoms with E-state index in [1.54, 1.807) is 7.11 Å². The molecule has 0 unspecified atom stereocenters. The standard InChI is InChI=1S/C9H18O3/c1-8(2)11-6-9(3,5-10-4)7-12-8/h5-7H2,1-4H3. The first-order valence-electron chi connectivity index (χ1n) is 4.24. The third-order valence-electron chi connectivity index (χ3n) is 2.03. The first-order valence-corrected chi connectivity index (χ1v) is 4.24. The molecule has 3 nitrogen and oxygen atoms in total. The van der Waals surface area contributed by atoms with Crippen LogP contribution in [0.1, 0.15) is 20.8 Å². The van der Waals surface area contributed by atoms with Crippen LogP contribution in [-0.2, 0) is 14.2 Å². The van der Waals surface area contributed by atoms with Gasteiger partial charge in [0.25, 0.3) is 0 Å². The van der Waals surface area contributed by atoms with Gasteiger partial charge in [-0.05, 0) is 13.8 Å². The average molecular weight is 174 g/mol. The number of methoxy groups -OCH3 is 1. The molecule has 0 radical (unpaired) electrons. The molecule has 0 aliphatic carbocycles. The first-order chi connectivity index (χ1) is 5.47. The minimum absolute atomic E-state index is 0.0181. The SMILES string of the molecule is COCC1(C)COC(C)(C)OC1. The van der Waals surface area contributed by atoms with Gasteiger partial charge in [-0.25, -0.2) is 0 Å². The number of ether oxygens (including phenoxy) is 3. The molecule has 72 valence electrons. The monoisotopic (exact) mass is 174 g/mol. The van der Waals surface area contributed by atoms with E-state index >= 15 is 0 Å². The number of hydrogen-bond acceptors (Lipinski definition) is 3. The summed E-state index contributed by atoms with van der Waals surface area (Å²) in [6.45, 7) is 8.05. The quantitative estimate of drug-likeness (QED) is 0.633. The summed E-state index contributed by atoms with van der Waals surface area (Å²) in [5.74, 6) is -0.423. The molecule has 0 bridgehead atoms. The lowest BCUT2D eigenvalue weighted by molar-refractivity contribution is -0.287. The zero-order valence-electron chi connectivity index (χ0n) is 8.35. The highest BCUT2D eigenvalue weighted by Gasteiger charge is 2.36. The van der Waals surface area contributed by atoms with E-state index in [4.69, 9.17) is 14.2 Å². The second-order valence-corrected chi connectivity index (χ2v) is 4.22. The van der Waals surface area contributed by atoms with E-state index in [2.05, 4.69) is 6.92 Å². The molecule has 1 fully saturated rings. The van der Waals surface area contributed by atoms with E-state index < -0.39 is 5.79 Å². The summed E-state index contributed by atoms with van der Waals surface area (Å²) in [6.07, 6.45) is 0. The summed E-state index contributed by atoms with van der Waals surface area (Å²) in [5.41, 5.74) is 0.0181. The van der Waals surface area contributed by atoms with Gasteiger partial charge in [-0.15, -0.1) is 0 Å². The lowest BCUT2D eigenvalue weighted by Gasteiger charge is -2.40. The van der Waals surface area contributed by atoms with Crippen molar-refractivity contribution in [3.05, 3.63) is 0 Å². The van der Waals surface area contributed by atoms with E-state index in [0.717, 1.165) is 0 Å². The fourth-order valence-electron chi connectivity index (χ4n) is 1.21. The molecule has 1 saturated heterocycles. The summed E-state index contributed by atoms with van der Waals surface area (Å²) < 4.78 is 16.2. The van der Waals surface area contributed by atoms with Crippen molar-refractivity contribution < 1.29 is 14.2 Å². The van der Waals surface area contributed by atoms with Gasteiger partial charge in [0.15, 0.2) is 5.79 Å². The van der Waals surface area contributed by atoms with Gasteiger partial charge >= 0.3 is 0 Å². The summed E-state index contributed by atoms with van der Waals surface area (Å²) in [5, 5.41) is 0. The van der Waals surface area contributed by atoms with Crippen LogP contribution < -0.4 is 0 Å². The molecule has 0 aromatic heterocycles. The second-order valence-electron chi connectivity index (χ2n) is 4.22. The van der Waals surface area contributed by atoms with Crippen LogP contribution in [0.5, 0.6) is 0 Å². The minimum atomic E-state index is -0.423. The highest BCUT2D eigenvalue weighted by atomic mass is 16.7. The third-order valence-corrected chi connectivity index (χ3v) is 2.03. The van der Waals surface area contributed by atoms with Crippen molar-refractivity contribution in [3.8, 4) is 0 Å². The fraction of sp³-hybridized carbons (Fsp3) is 1.00. The Balaban J connectivity index is 2.44. The lowest BCUT2D eigenvalue weighted by atomic mass is 9.93. The normalized spacial score (nSPS) is 27.0. The largest absolute Gasteiger partial charge is 0.384 e. The Labute approximate surface area is 74.0 Å². The van der Waals surface area contributed by atoms with Crippen LogP contribution in [0, 0.1) is 5.41 Å². The number of hydrogen-bond donors (Lipinski definition) is 0. The second kappa shape index (κ2) is 3.32. The highest BCUT2D eigenvalue weighted by Crippen LogP contribution is 2.29. The van der Waals surface area contributed by atoms with Crippen LogP contribution in [0.2, 0.25) is 0 Å². The van der Waals surface area contributed by atoms with Crippen molar-refractivity contribution >= 4 is 0 Å². The van der Waals surface area contributed by atoms with E-state index in [0.29, 0.717) is 19.8 Å². The van der Waals surface area contributed by atoms with Gasteiger partial charge < -0.3 is 14.2 Å². The third kappa shape index (κ3) is 2.44. The fourth-order valence-corrected chi connectivity index (χ4v) is 1.21. The molecule has 0 aromatic carbocycles. The first kappa shape index (κ1) is 9.96. The maximum absolute atomic E-state index is 5.53. The van der Waals surface area contributed by atoms with Gasteiger partial charge in [0.1, 0.15) is 0 Å². The molecule has 0 amide bonds. The summed E-state index contributed by atoms with van der Waals surface area (Å²) in [7, 11) is 1.70. The van der Waals surface area contributed by atoms with Crippen LogP contribution in [-0.4, -0.2) is 32.7 Å². The molecular formula is C9H18O3. The molecule has 0 saturated carbocycles. The Kier molecular flexibility index (Phi) is 2.76. The summed E-state index contributed by atoms with van der Waals surface area (Å²) >= 11 is 0. The van der Waals surface area contributed by atoms with Crippen LogP contribution in [0.25, 0.3) is 0 Å². The molecule has 1 rings (SSSR count). The molecule has 3 heteroatoms. The Morgan fingerprint density at radius 1 is 1.17 bits per heavy atom. The summed E-state index contributed by atoms with van der Waals surface area (Å²) in [6, 6.07) is 0. The number of rotatable bonds is 2. The molecule has 1 aliphatic heterocycles. The van der Waals surface area contributed by atoms with Gasteiger partial charge in [-0.2, -0.15) is 0 Å². The van der Waals surface area contributed by atoms with Crippen molar-refractivity contribution in [2.45, 2.75) is 26.6 Å². The van der Waals surface area contributed by atoms with Gasteiger partial charge in [0.2, 0.25) is 0 Å². The molecule has 0 aromatic rings. The van der Waals surface area contributed by atoms with Crippen molar-refractivity contribution in [2.24, 2.45) is 5.41 Å². The Hall–Kier alpha value is -0.120. The molecule has 1 aliphatic rings. The minimum Gasteiger partial charge on any atom is -0.384 e. The molecule has 0 spiro atoms. The molecular weight excluding hydrogens is 156 g/mol. The molecule has 0 atom stereocenters. The smallest absolute Gasteiger partial charge is 0.162 e. The van der Waals surface area contributed by atoms with E-state index in [1.807, 2.05) is 13.8 Å². The van der Waals surface area contributed by atoms with E-state index in [9.17, 15) is 0 Å². The van der Waals surface area contributed by atoms with Gasteiger partial charge in [0, 0.05) is 12.5 Å². The van der Waals surface area contributed by atoms with Crippen LogP contribution in [0.4, 0.5) is 0 Å². The van der Waals surface area contributed by atoms with Crippen molar-refractivity contribution in [1.29, 1.82) is 0 Å². The van der Waals surface area contributed by atoms with Gasteiger partial charge in [0.05, 0.1) is 19.8 Å². The zero-order valence-corrected chi connectivity index (χ0v) is 8.35. The lowest BCUT2D eigenvalue weighted by Crippen LogP contribution is -2.47. The molecule has 0 N–H and O–H groups in total. The molecule has 12 heavy (non-hydrogen) atoms. The predicted octanol–water partition coefficient (Wildman–Crippen LogP) is 1.42. The van der Waals surface area contributed by atoms with Crippen molar-refractivity contribution in [3.63, 3.8) is 0 Å². The van der Waals surface area contributed by atoms with Crippen LogP contribution in [0.15, 0.2) is 0 Å². The van der Waals surface area contributed by atoms with Gasteiger partial charge in [-0.3, -0.25) is 0 Å². The van der Waals surface area contributed by atoms with Crippen LogP contribution in [0.3, 0.4) is 0 Å². The maximum Gasteiger partial charge on any atom is 0.162 e. The Morgan fingerprint density at radius 2 is 1.67 bits per heavy atom. The average Bonchev–Trinajstić information content (AvgIpc) is 1.98. The highest BCUT2D eigenvalue weighted by molar-refractivity contribution is 4.78. The Bertz CT molecular complexity index is 144. The zero-order chi connectivity index (χ0) is 9.24. The molecule has 1 heterocycles. The van der Waals surface area contributed by atoms with Crippen molar-refractivity contribution in [1.82, 2.24) is 0 Å². The van der Waals surface area contributed by atoms with Crippen LogP contribution >= 0.6 is 0 Å². The van der Waals surface area contributed by atoms with Gasteiger partial charge in [-0.1, -0.05) is 6.92 Å². The van der Waals surface area contributed by atoms with Crippen molar-refractivity contribution in [2.75, 3.05) is 26.9 Å². The predicted molar refractivity (Wildman–Crippen MR) is 46.0 cm³/mol. The summed E-state index contributed by atoms with van der Waals surface area (Å²) in [4.78, 5) is 0.